The molecule has 1 unspecified atom stereocenters. The molecule has 2 aromatic heterocycles. The average molecular weight is 405 g/mol. The van der Waals surface area contributed by atoms with Crippen molar-refractivity contribution in [2.24, 2.45) is 0 Å². The fourth-order valence-corrected chi connectivity index (χ4v) is 4.23. The van der Waals surface area contributed by atoms with Crippen LogP contribution in [-0.4, -0.2) is 49.1 Å². The number of carbonyl (C=O) groups is 1. The van der Waals surface area contributed by atoms with Gasteiger partial charge in [0, 0.05) is 36.8 Å². The van der Waals surface area contributed by atoms with Gasteiger partial charge in [-0.1, -0.05) is 29.8 Å². The van der Waals surface area contributed by atoms with Gasteiger partial charge >= 0.3 is 0 Å². The van der Waals surface area contributed by atoms with E-state index in [1.807, 2.05) is 4.90 Å². The van der Waals surface area contributed by atoms with E-state index < -0.39 is 0 Å². The molecule has 7 heteroatoms. The van der Waals surface area contributed by atoms with Gasteiger partial charge in [0.05, 0.1) is 6.54 Å². The number of pyridine rings is 1. The number of carbonyl (C=O) groups excluding carboxylic acids is 1. The number of hydrogen-bond acceptors (Lipinski definition) is 5. The fraction of sp³-hybridized carbons (Fsp3) is 0.435. The van der Waals surface area contributed by atoms with Crippen molar-refractivity contribution in [3.8, 4) is 0 Å². The number of hydrogen-bond donors (Lipinski definition) is 0. The summed E-state index contributed by atoms with van der Waals surface area (Å²) in [6.07, 6.45) is 4.93. The van der Waals surface area contributed by atoms with Gasteiger partial charge in [-0.25, -0.2) is 4.68 Å². The van der Waals surface area contributed by atoms with Crippen LogP contribution >= 0.6 is 0 Å². The molecule has 7 nitrogen and oxygen atoms in total. The molecule has 1 aliphatic heterocycles. The van der Waals surface area contributed by atoms with E-state index in [1.165, 1.54) is 16.7 Å². The highest BCUT2D eigenvalue weighted by Crippen LogP contribution is 2.27. The molecule has 1 saturated heterocycles. The first-order valence-electron chi connectivity index (χ1n) is 10.6. The van der Waals surface area contributed by atoms with Gasteiger partial charge in [-0.3, -0.25) is 9.78 Å². The summed E-state index contributed by atoms with van der Waals surface area (Å²) in [5, 5.41) is 11.1. The summed E-state index contributed by atoms with van der Waals surface area (Å²) in [4.78, 5) is 19.5. The van der Waals surface area contributed by atoms with Gasteiger partial charge in [0.1, 0.15) is 6.33 Å². The van der Waals surface area contributed by atoms with Gasteiger partial charge in [-0.2, -0.15) is 0 Å². The van der Waals surface area contributed by atoms with E-state index in [-0.39, 0.29) is 11.8 Å². The number of rotatable bonds is 6. The Hall–Kier alpha value is -3.09. The molecule has 156 valence electrons. The number of tetrazole rings is 1. The highest BCUT2D eigenvalue weighted by molar-refractivity contribution is 5.76. The second-order valence-corrected chi connectivity index (χ2v) is 8.21. The molecule has 1 aromatic carbocycles. The van der Waals surface area contributed by atoms with E-state index in [1.54, 1.807) is 11.0 Å². The standard InChI is InChI=1S/C23H28N6O/c1-17-5-3-6-19(11-17)13-20-12-18(2)25-22(14-20)21-7-4-9-28(15-21)23(30)8-10-29-16-24-26-27-29/h3,5-6,11-12,14,16,21H,4,7-10,13,15H2,1-2H3. The summed E-state index contributed by atoms with van der Waals surface area (Å²) in [7, 11) is 0. The lowest BCUT2D eigenvalue weighted by atomic mass is 9.92. The molecule has 1 amide bonds. The van der Waals surface area contributed by atoms with E-state index in [9.17, 15) is 4.79 Å². The first-order valence-corrected chi connectivity index (χ1v) is 10.6. The summed E-state index contributed by atoms with van der Waals surface area (Å²) in [6.45, 7) is 6.24. The number of piperidine rings is 1. The van der Waals surface area contributed by atoms with Crippen LogP contribution < -0.4 is 0 Å². The summed E-state index contributed by atoms with van der Waals surface area (Å²) in [5.74, 6) is 0.440. The van der Waals surface area contributed by atoms with Gasteiger partial charge in [-0.15, -0.1) is 5.10 Å². The molecule has 1 fully saturated rings. The van der Waals surface area contributed by atoms with Crippen LogP contribution in [0.2, 0.25) is 0 Å². The van der Waals surface area contributed by atoms with Crippen LogP contribution in [0.15, 0.2) is 42.7 Å². The minimum Gasteiger partial charge on any atom is -0.342 e. The predicted octanol–water partition coefficient (Wildman–Crippen LogP) is 3.07. The normalized spacial score (nSPS) is 16.6. The van der Waals surface area contributed by atoms with E-state index >= 15 is 0 Å². The Morgan fingerprint density at radius 2 is 2.07 bits per heavy atom. The van der Waals surface area contributed by atoms with Crippen LogP contribution in [0.5, 0.6) is 0 Å². The van der Waals surface area contributed by atoms with Crippen molar-refractivity contribution in [1.82, 2.24) is 30.1 Å². The first-order chi connectivity index (χ1) is 14.6. The van der Waals surface area contributed by atoms with Gasteiger partial charge in [0.15, 0.2) is 0 Å². The molecule has 1 atom stereocenters. The Morgan fingerprint density at radius 3 is 2.87 bits per heavy atom. The number of likely N-dealkylation sites (tertiary alicyclic amines) is 1. The number of amides is 1. The topological polar surface area (TPSA) is 76.8 Å². The number of aryl methyl sites for hydroxylation is 3. The van der Waals surface area contributed by atoms with Gasteiger partial charge in [0.25, 0.3) is 0 Å². The molecule has 0 radical (unpaired) electrons. The van der Waals surface area contributed by atoms with Crippen LogP contribution in [0, 0.1) is 13.8 Å². The Kier molecular flexibility index (Phi) is 6.16. The number of aromatic nitrogens is 5. The van der Waals surface area contributed by atoms with Crippen molar-refractivity contribution in [3.63, 3.8) is 0 Å². The molecular formula is C23H28N6O. The van der Waals surface area contributed by atoms with Crippen LogP contribution in [0.3, 0.4) is 0 Å². The van der Waals surface area contributed by atoms with Crippen molar-refractivity contribution in [2.75, 3.05) is 13.1 Å². The van der Waals surface area contributed by atoms with Crippen molar-refractivity contribution in [3.05, 3.63) is 70.8 Å². The number of benzene rings is 1. The highest BCUT2D eigenvalue weighted by Gasteiger charge is 2.26. The lowest BCUT2D eigenvalue weighted by molar-refractivity contribution is -0.132. The lowest BCUT2D eigenvalue weighted by Gasteiger charge is -2.33. The molecule has 0 N–H and O–H groups in total. The van der Waals surface area contributed by atoms with Crippen molar-refractivity contribution >= 4 is 5.91 Å². The summed E-state index contributed by atoms with van der Waals surface area (Å²) in [5.41, 5.74) is 6.02. The maximum atomic E-state index is 12.7. The maximum absolute atomic E-state index is 12.7. The molecule has 0 spiro atoms. The van der Waals surface area contributed by atoms with E-state index in [2.05, 4.69) is 65.8 Å². The molecule has 1 aliphatic rings. The van der Waals surface area contributed by atoms with Crippen LogP contribution in [-0.2, 0) is 17.8 Å². The van der Waals surface area contributed by atoms with Crippen molar-refractivity contribution in [2.45, 2.75) is 52.0 Å². The second-order valence-electron chi connectivity index (χ2n) is 8.21. The summed E-state index contributed by atoms with van der Waals surface area (Å²) in [6, 6.07) is 13.0. The fourth-order valence-electron chi connectivity index (χ4n) is 4.23. The van der Waals surface area contributed by atoms with Crippen LogP contribution in [0.4, 0.5) is 0 Å². The Labute approximate surface area is 177 Å². The smallest absolute Gasteiger partial charge is 0.224 e. The molecule has 0 bridgehead atoms. The molecule has 4 rings (SSSR count). The van der Waals surface area contributed by atoms with E-state index in [4.69, 9.17) is 4.98 Å². The third kappa shape index (κ3) is 5.09. The third-order valence-corrected chi connectivity index (χ3v) is 5.66. The highest BCUT2D eigenvalue weighted by atomic mass is 16.2. The Bertz CT molecular complexity index is 1000. The summed E-state index contributed by atoms with van der Waals surface area (Å²) < 4.78 is 1.60. The van der Waals surface area contributed by atoms with Gasteiger partial charge in [0.2, 0.25) is 5.91 Å². The predicted molar refractivity (Wildman–Crippen MR) is 114 cm³/mol. The van der Waals surface area contributed by atoms with Gasteiger partial charge in [-0.05, 0) is 66.8 Å². The average Bonchev–Trinajstić information content (AvgIpc) is 3.25. The molecule has 30 heavy (non-hydrogen) atoms. The summed E-state index contributed by atoms with van der Waals surface area (Å²) >= 11 is 0. The molecule has 0 aliphatic carbocycles. The lowest BCUT2D eigenvalue weighted by Crippen LogP contribution is -2.39. The SMILES string of the molecule is Cc1cccc(Cc2cc(C)nc(C3CCCN(C(=O)CCn4cnnn4)C3)c2)c1. The van der Waals surface area contributed by atoms with Crippen molar-refractivity contribution in [1.29, 1.82) is 0 Å². The van der Waals surface area contributed by atoms with Crippen LogP contribution in [0.1, 0.15) is 53.3 Å². The molecule has 3 aromatic rings. The zero-order chi connectivity index (χ0) is 20.9. The third-order valence-electron chi connectivity index (χ3n) is 5.66. The van der Waals surface area contributed by atoms with E-state index in [0.717, 1.165) is 43.7 Å². The Morgan fingerprint density at radius 1 is 1.17 bits per heavy atom. The molecule has 0 saturated carbocycles. The van der Waals surface area contributed by atoms with Gasteiger partial charge < -0.3 is 4.90 Å². The largest absolute Gasteiger partial charge is 0.342 e. The first kappa shape index (κ1) is 20.2. The minimum absolute atomic E-state index is 0.155. The van der Waals surface area contributed by atoms with Crippen molar-refractivity contribution < 1.29 is 4.79 Å². The monoisotopic (exact) mass is 404 g/mol. The van der Waals surface area contributed by atoms with E-state index in [0.29, 0.717) is 13.0 Å². The minimum atomic E-state index is 0.155. The zero-order valence-corrected chi connectivity index (χ0v) is 17.7. The van der Waals surface area contributed by atoms with Crippen LogP contribution in [0.25, 0.3) is 0 Å². The second kappa shape index (κ2) is 9.15. The molecular weight excluding hydrogens is 376 g/mol. The maximum Gasteiger partial charge on any atom is 0.224 e. The number of nitrogens with zero attached hydrogens (tertiary/aromatic N) is 6. The quantitative estimate of drug-likeness (QED) is 0.631. The molecule has 3 heterocycles. The Balaban J connectivity index is 1.43. The zero-order valence-electron chi connectivity index (χ0n) is 17.7.